The van der Waals surface area contributed by atoms with Crippen molar-refractivity contribution in [1.29, 1.82) is 0 Å². The minimum absolute atomic E-state index is 0.0183. The topological polar surface area (TPSA) is 60.8 Å². The van der Waals surface area contributed by atoms with E-state index in [1.807, 2.05) is 19.9 Å². The highest BCUT2D eigenvalue weighted by molar-refractivity contribution is 6.28. The first kappa shape index (κ1) is 11.7. The second kappa shape index (κ2) is 5.05. The van der Waals surface area contributed by atoms with E-state index in [1.165, 1.54) is 0 Å². The zero-order valence-corrected chi connectivity index (χ0v) is 10.2. The van der Waals surface area contributed by atoms with Crippen LogP contribution in [0.15, 0.2) is 24.5 Å². The number of pyridine rings is 1. The molecule has 0 aliphatic heterocycles. The number of hydrogen-bond donors (Lipinski definition) is 0. The highest BCUT2D eigenvalue weighted by atomic mass is 35.5. The summed E-state index contributed by atoms with van der Waals surface area (Å²) in [6, 6.07) is 3.87. The second-order valence-corrected chi connectivity index (χ2v) is 3.96. The number of rotatable bonds is 3. The molecule has 0 fully saturated rings. The summed E-state index contributed by atoms with van der Waals surface area (Å²) in [7, 11) is 0. The van der Waals surface area contributed by atoms with E-state index in [1.54, 1.807) is 18.5 Å². The van der Waals surface area contributed by atoms with E-state index in [9.17, 15) is 0 Å². The Morgan fingerprint density at radius 3 is 2.71 bits per heavy atom. The van der Waals surface area contributed by atoms with Crippen molar-refractivity contribution < 1.29 is 4.74 Å². The Kier molecular flexibility index (Phi) is 3.49. The third kappa shape index (κ3) is 3.10. The smallest absolute Gasteiger partial charge is 0.321 e. The van der Waals surface area contributed by atoms with Gasteiger partial charge in [-0.3, -0.25) is 4.98 Å². The van der Waals surface area contributed by atoms with Crippen molar-refractivity contribution in [3.63, 3.8) is 0 Å². The van der Waals surface area contributed by atoms with E-state index in [2.05, 4.69) is 19.9 Å². The van der Waals surface area contributed by atoms with E-state index in [-0.39, 0.29) is 17.4 Å². The number of nitrogens with zero attached hydrogens (tertiary/aromatic N) is 4. The summed E-state index contributed by atoms with van der Waals surface area (Å²) < 4.78 is 5.39. The molecule has 0 bridgehead atoms. The van der Waals surface area contributed by atoms with Gasteiger partial charge in [0, 0.05) is 18.0 Å². The Bertz CT molecular complexity index is 504. The van der Waals surface area contributed by atoms with Gasteiger partial charge in [0.05, 0.1) is 6.10 Å². The van der Waals surface area contributed by atoms with Gasteiger partial charge in [0.25, 0.3) is 0 Å². The van der Waals surface area contributed by atoms with Gasteiger partial charge in [-0.05, 0) is 37.6 Å². The Balaban J connectivity index is 2.38. The molecule has 0 radical (unpaired) electrons. The molecule has 5 nitrogen and oxygen atoms in total. The van der Waals surface area contributed by atoms with Crippen molar-refractivity contribution in [1.82, 2.24) is 19.9 Å². The van der Waals surface area contributed by atoms with Crippen LogP contribution in [-0.4, -0.2) is 26.0 Å². The SMILES string of the molecule is CC(C)Oc1nc(Cl)nc(-c2cccnc2)n1. The number of aromatic nitrogens is 4. The molecule has 0 aromatic carbocycles. The lowest BCUT2D eigenvalue weighted by molar-refractivity contribution is 0.222. The first-order valence-corrected chi connectivity index (χ1v) is 5.51. The highest BCUT2D eigenvalue weighted by Gasteiger charge is 2.09. The number of halogens is 1. The molecule has 0 N–H and O–H groups in total. The van der Waals surface area contributed by atoms with Gasteiger partial charge >= 0.3 is 6.01 Å². The summed E-state index contributed by atoms with van der Waals surface area (Å²) in [5.74, 6) is 0.453. The zero-order chi connectivity index (χ0) is 12.3. The van der Waals surface area contributed by atoms with Gasteiger partial charge in [0.15, 0.2) is 5.82 Å². The van der Waals surface area contributed by atoms with Crippen LogP contribution >= 0.6 is 11.6 Å². The van der Waals surface area contributed by atoms with Crippen LogP contribution in [0.5, 0.6) is 6.01 Å². The molecule has 0 saturated carbocycles. The summed E-state index contributed by atoms with van der Waals surface area (Å²) in [6.45, 7) is 3.78. The van der Waals surface area contributed by atoms with Gasteiger partial charge in [-0.25, -0.2) is 0 Å². The molecule has 0 saturated heterocycles. The molecule has 2 aromatic heterocycles. The summed E-state index contributed by atoms with van der Waals surface area (Å²) >= 11 is 5.82. The fourth-order valence-electron chi connectivity index (χ4n) is 1.22. The molecule has 0 atom stereocenters. The highest BCUT2D eigenvalue weighted by Crippen LogP contribution is 2.18. The summed E-state index contributed by atoms with van der Waals surface area (Å²) in [4.78, 5) is 16.1. The molecule has 0 aliphatic carbocycles. The third-order valence-corrected chi connectivity index (χ3v) is 2.02. The Morgan fingerprint density at radius 1 is 1.24 bits per heavy atom. The van der Waals surface area contributed by atoms with Crippen LogP contribution in [0.2, 0.25) is 5.28 Å². The second-order valence-electron chi connectivity index (χ2n) is 3.62. The van der Waals surface area contributed by atoms with Crippen LogP contribution in [0.25, 0.3) is 11.4 Å². The Hall–Kier alpha value is -1.75. The maximum absolute atomic E-state index is 5.82. The van der Waals surface area contributed by atoms with Crippen molar-refractivity contribution in [3.8, 4) is 17.4 Å². The normalized spacial score (nSPS) is 10.6. The minimum atomic E-state index is -0.0183. The fraction of sp³-hybridized carbons (Fsp3) is 0.273. The maximum Gasteiger partial charge on any atom is 0.321 e. The van der Waals surface area contributed by atoms with E-state index in [4.69, 9.17) is 16.3 Å². The summed E-state index contributed by atoms with van der Waals surface area (Å²) in [5.41, 5.74) is 0.769. The molecule has 88 valence electrons. The Labute approximate surface area is 104 Å². The van der Waals surface area contributed by atoms with Crippen LogP contribution in [0, 0.1) is 0 Å². The molecular formula is C11H11ClN4O. The van der Waals surface area contributed by atoms with E-state index in [0.717, 1.165) is 5.56 Å². The van der Waals surface area contributed by atoms with Crippen molar-refractivity contribution in [2.45, 2.75) is 20.0 Å². The van der Waals surface area contributed by atoms with Crippen molar-refractivity contribution >= 4 is 11.6 Å². The molecule has 0 aliphatic rings. The third-order valence-electron chi connectivity index (χ3n) is 1.85. The first-order valence-electron chi connectivity index (χ1n) is 5.14. The average Bonchev–Trinajstić information content (AvgIpc) is 2.28. The quantitative estimate of drug-likeness (QED) is 0.837. The molecule has 0 spiro atoms. The zero-order valence-electron chi connectivity index (χ0n) is 9.46. The predicted octanol–water partition coefficient (Wildman–Crippen LogP) is 2.37. The van der Waals surface area contributed by atoms with Crippen molar-refractivity contribution in [3.05, 3.63) is 29.8 Å². The van der Waals surface area contributed by atoms with Gasteiger partial charge in [-0.1, -0.05) is 0 Å². The molecule has 17 heavy (non-hydrogen) atoms. The maximum atomic E-state index is 5.82. The lowest BCUT2D eigenvalue weighted by Gasteiger charge is -2.08. The van der Waals surface area contributed by atoms with Crippen molar-refractivity contribution in [2.24, 2.45) is 0 Å². The Morgan fingerprint density at radius 2 is 2.06 bits per heavy atom. The molecule has 0 amide bonds. The molecular weight excluding hydrogens is 240 g/mol. The predicted molar refractivity (Wildman–Crippen MR) is 63.8 cm³/mol. The molecule has 0 unspecified atom stereocenters. The monoisotopic (exact) mass is 250 g/mol. The van der Waals surface area contributed by atoms with Crippen LogP contribution in [-0.2, 0) is 0 Å². The standard InChI is InChI=1S/C11H11ClN4O/c1-7(2)17-11-15-9(14-10(12)16-11)8-4-3-5-13-6-8/h3-7H,1-2H3. The molecule has 2 rings (SSSR count). The fourth-order valence-corrected chi connectivity index (χ4v) is 1.37. The van der Waals surface area contributed by atoms with Crippen LogP contribution in [0.3, 0.4) is 0 Å². The number of hydrogen-bond acceptors (Lipinski definition) is 5. The van der Waals surface area contributed by atoms with E-state index < -0.39 is 0 Å². The first-order chi connectivity index (χ1) is 8.15. The van der Waals surface area contributed by atoms with Crippen LogP contribution in [0.4, 0.5) is 0 Å². The van der Waals surface area contributed by atoms with Gasteiger partial charge in [0.2, 0.25) is 5.28 Å². The van der Waals surface area contributed by atoms with Crippen LogP contribution in [0.1, 0.15) is 13.8 Å². The average molecular weight is 251 g/mol. The van der Waals surface area contributed by atoms with E-state index in [0.29, 0.717) is 5.82 Å². The molecule has 2 aromatic rings. The van der Waals surface area contributed by atoms with Gasteiger partial charge in [0.1, 0.15) is 0 Å². The summed E-state index contributed by atoms with van der Waals surface area (Å²) in [6.07, 6.45) is 3.32. The van der Waals surface area contributed by atoms with Gasteiger partial charge < -0.3 is 4.74 Å². The van der Waals surface area contributed by atoms with Crippen molar-refractivity contribution in [2.75, 3.05) is 0 Å². The molecule has 2 heterocycles. The number of ether oxygens (including phenoxy) is 1. The minimum Gasteiger partial charge on any atom is -0.461 e. The largest absolute Gasteiger partial charge is 0.461 e. The van der Waals surface area contributed by atoms with Gasteiger partial charge in [-0.15, -0.1) is 0 Å². The van der Waals surface area contributed by atoms with Crippen LogP contribution < -0.4 is 4.74 Å². The molecule has 6 heteroatoms. The lowest BCUT2D eigenvalue weighted by Crippen LogP contribution is -2.09. The van der Waals surface area contributed by atoms with Gasteiger partial charge in [-0.2, -0.15) is 15.0 Å². The lowest BCUT2D eigenvalue weighted by atomic mass is 10.3. The van der Waals surface area contributed by atoms with E-state index >= 15 is 0 Å². The summed E-state index contributed by atoms with van der Waals surface area (Å²) in [5, 5.41) is 0.106.